The molecule has 7 heteroatoms. The van der Waals surface area contributed by atoms with Crippen LogP contribution < -0.4 is 20.1 Å². The molecule has 25 heavy (non-hydrogen) atoms. The fourth-order valence-electron chi connectivity index (χ4n) is 2.28. The second kappa shape index (κ2) is 8.02. The number of hydrogen-bond donors (Lipinski definition) is 2. The van der Waals surface area contributed by atoms with Crippen LogP contribution in [0.3, 0.4) is 0 Å². The maximum Gasteiger partial charge on any atom is 0.319 e. The molecule has 0 radical (unpaired) electrons. The standard InChI is InChI=1S/C18H18FN3O3/c1-11(12-4-7-16(24-2)17(9-12)25-3)21-18(23)22-15-6-5-14(19)8-13(15)10-20/h4-9,11H,1-3H3,(H2,21,22,23). The fourth-order valence-corrected chi connectivity index (χ4v) is 2.28. The molecule has 2 amide bonds. The van der Waals surface area contributed by atoms with Gasteiger partial charge in [0, 0.05) is 0 Å². The zero-order valence-electron chi connectivity index (χ0n) is 14.1. The molecule has 0 aliphatic carbocycles. The second-order valence-corrected chi connectivity index (χ2v) is 5.24. The number of ether oxygens (including phenoxy) is 2. The molecule has 0 aliphatic heterocycles. The number of carbonyl (C=O) groups excluding carboxylic acids is 1. The van der Waals surface area contributed by atoms with Crippen molar-refractivity contribution in [3.05, 3.63) is 53.3 Å². The summed E-state index contributed by atoms with van der Waals surface area (Å²) in [5.74, 6) is 0.605. The van der Waals surface area contributed by atoms with E-state index in [0.717, 1.165) is 11.6 Å². The SMILES string of the molecule is COc1ccc(C(C)NC(=O)Nc2ccc(F)cc2C#N)cc1OC. The van der Waals surface area contributed by atoms with Crippen molar-refractivity contribution in [2.45, 2.75) is 13.0 Å². The molecule has 0 aromatic heterocycles. The lowest BCUT2D eigenvalue weighted by molar-refractivity contribution is 0.249. The van der Waals surface area contributed by atoms with Crippen LogP contribution in [0, 0.1) is 17.1 Å². The Morgan fingerprint density at radius 1 is 1.16 bits per heavy atom. The largest absolute Gasteiger partial charge is 0.493 e. The zero-order chi connectivity index (χ0) is 18.4. The number of benzene rings is 2. The van der Waals surface area contributed by atoms with Crippen molar-refractivity contribution in [2.24, 2.45) is 0 Å². The highest BCUT2D eigenvalue weighted by Gasteiger charge is 2.14. The number of urea groups is 1. The Hall–Kier alpha value is -3.27. The highest BCUT2D eigenvalue weighted by molar-refractivity contribution is 5.91. The quantitative estimate of drug-likeness (QED) is 0.869. The number of methoxy groups -OCH3 is 2. The Labute approximate surface area is 145 Å². The Kier molecular flexibility index (Phi) is 5.79. The van der Waals surface area contributed by atoms with Gasteiger partial charge < -0.3 is 20.1 Å². The molecule has 0 spiro atoms. The average Bonchev–Trinajstić information content (AvgIpc) is 2.62. The van der Waals surface area contributed by atoms with Crippen LogP contribution in [0.4, 0.5) is 14.9 Å². The number of nitrogens with zero attached hydrogens (tertiary/aromatic N) is 1. The summed E-state index contributed by atoms with van der Waals surface area (Å²) in [7, 11) is 3.08. The van der Waals surface area contributed by atoms with E-state index in [2.05, 4.69) is 10.6 Å². The summed E-state index contributed by atoms with van der Waals surface area (Å²) in [6.45, 7) is 1.80. The van der Waals surface area contributed by atoms with Crippen LogP contribution in [0.15, 0.2) is 36.4 Å². The van der Waals surface area contributed by atoms with Gasteiger partial charge in [-0.05, 0) is 42.8 Å². The average molecular weight is 343 g/mol. The molecule has 2 N–H and O–H groups in total. The predicted octanol–water partition coefficient (Wildman–Crippen LogP) is 3.60. The summed E-state index contributed by atoms with van der Waals surface area (Å²) in [6, 6.07) is 9.91. The molecule has 130 valence electrons. The van der Waals surface area contributed by atoms with Gasteiger partial charge in [-0.25, -0.2) is 9.18 Å². The molecule has 1 unspecified atom stereocenters. The van der Waals surface area contributed by atoms with Gasteiger partial charge >= 0.3 is 6.03 Å². The van der Waals surface area contributed by atoms with Crippen molar-refractivity contribution < 1.29 is 18.7 Å². The third-order valence-corrected chi connectivity index (χ3v) is 3.61. The van der Waals surface area contributed by atoms with Crippen LogP contribution in [-0.2, 0) is 0 Å². The summed E-state index contributed by atoms with van der Waals surface area (Å²) in [6.07, 6.45) is 0. The van der Waals surface area contributed by atoms with E-state index in [-0.39, 0.29) is 17.3 Å². The molecule has 0 saturated carbocycles. The van der Waals surface area contributed by atoms with Crippen LogP contribution >= 0.6 is 0 Å². The van der Waals surface area contributed by atoms with Crippen molar-refractivity contribution >= 4 is 11.7 Å². The number of rotatable bonds is 5. The van der Waals surface area contributed by atoms with E-state index >= 15 is 0 Å². The topological polar surface area (TPSA) is 83.4 Å². The van der Waals surface area contributed by atoms with Gasteiger partial charge in [0.15, 0.2) is 11.5 Å². The Bertz CT molecular complexity index is 818. The zero-order valence-corrected chi connectivity index (χ0v) is 14.1. The first-order chi connectivity index (χ1) is 12.0. The summed E-state index contributed by atoms with van der Waals surface area (Å²) in [5.41, 5.74) is 1.10. The molecule has 0 heterocycles. The number of nitriles is 1. The van der Waals surface area contributed by atoms with Crippen molar-refractivity contribution in [3.8, 4) is 17.6 Å². The lowest BCUT2D eigenvalue weighted by atomic mass is 10.1. The molecular formula is C18H18FN3O3. The number of halogens is 1. The molecule has 0 fully saturated rings. The lowest BCUT2D eigenvalue weighted by Gasteiger charge is -2.17. The van der Waals surface area contributed by atoms with Crippen LogP contribution in [0.1, 0.15) is 24.1 Å². The second-order valence-electron chi connectivity index (χ2n) is 5.24. The van der Waals surface area contributed by atoms with Gasteiger partial charge in [0.1, 0.15) is 11.9 Å². The molecule has 2 rings (SSSR count). The van der Waals surface area contributed by atoms with Crippen LogP contribution in [-0.4, -0.2) is 20.3 Å². The van der Waals surface area contributed by atoms with Crippen LogP contribution in [0.5, 0.6) is 11.5 Å². The van der Waals surface area contributed by atoms with Crippen molar-refractivity contribution in [3.63, 3.8) is 0 Å². The first-order valence-electron chi connectivity index (χ1n) is 7.47. The molecule has 2 aromatic carbocycles. The maximum atomic E-state index is 13.1. The lowest BCUT2D eigenvalue weighted by Crippen LogP contribution is -2.31. The van der Waals surface area contributed by atoms with Gasteiger partial charge in [-0.3, -0.25) is 0 Å². The minimum absolute atomic E-state index is 0.0499. The molecule has 2 aromatic rings. The maximum absolute atomic E-state index is 13.1. The van der Waals surface area contributed by atoms with Gasteiger partial charge in [0.05, 0.1) is 31.5 Å². The van der Waals surface area contributed by atoms with Crippen LogP contribution in [0.2, 0.25) is 0 Å². The minimum atomic E-state index is -0.541. The fraction of sp³-hybridized carbons (Fsp3) is 0.222. The monoisotopic (exact) mass is 343 g/mol. The van der Waals surface area contributed by atoms with Gasteiger partial charge in [-0.2, -0.15) is 5.26 Å². The highest BCUT2D eigenvalue weighted by Crippen LogP contribution is 2.29. The molecule has 0 aliphatic rings. The van der Waals surface area contributed by atoms with Gasteiger partial charge in [0.25, 0.3) is 0 Å². The van der Waals surface area contributed by atoms with E-state index in [1.54, 1.807) is 26.2 Å². The first-order valence-corrected chi connectivity index (χ1v) is 7.47. The molecule has 6 nitrogen and oxygen atoms in total. The normalized spacial score (nSPS) is 11.2. The molecule has 1 atom stereocenters. The number of hydrogen-bond acceptors (Lipinski definition) is 4. The van der Waals surface area contributed by atoms with Gasteiger partial charge in [-0.1, -0.05) is 6.07 Å². The van der Waals surface area contributed by atoms with Crippen LogP contribution in [0.25, 0.3) is 0 Å². The van der Waals surface area contributed by atoms with Crippen molar-refractivity contribution in [2.75, 3.05) is 19.5 Å². The van der Waals surface area contributed by atoms with E-state index in [0.29, 0.717) is 11.5 Å². The number of anilines is 1. The summed E-state index contributed by atoms with van der Waals surface area (Å²) < 4.78 is 23.6. The third-order valence-electron chi connectivity index (χ3n) is 3.61. The Morgan fingerprint density at radius 3 is 2.52 bits per heavy atom. The van der Waals surface area contributed by atoms with E-state index in [4.69, 9.17) is 14.7 Å². The number of amides is 2. The van der Waals surface area contributed by atoms with Gasteiger partial charge in [0.2, 0.25) is 0 Å². The highest BCUT2D eigenvalue weighted by atomic mass is 19.1. The smallest absolute Gasteiger partial charge is 0.319 e. The summed E-state index contributed by atoms with van der Waals surface area (Å²) in [4.78, 5) is 12.1. The summed E-state index contributed by atoms with van der Waals surface area (Å²) >= 11 is 0. The van der Waals surface area contributed by atoms with E-state index in [9.17, 15) is 9.18 Å². The Balaban J connectivity index is 2.09. The van der Waals surface area contributed by atoms with Gasteiger partial charge in [-0.15, -0.1) is 0 Å². The van der Waals surface area contributed by atoms with E-state index in [1.807, 2.05) is 12.1 Å². The predicted molar refractivity (Wildman–Crippen MR) is 91.2 cm³/mol. The molecule has 0 bridgehead atoms. The molecular weight excluding hydrogens is 325 g/mol. The number of nitrogens with one attached hydrogen (secondary N) is 2. The van der Waals surface area contributed by atoms with Crippen molar-refractivity contribution in [1.82, 2.24) is 5.32 Å². The minimum Gasteiger partial charge on any atom is -0.493 e. The number of carbonyl (C=O) groups is 1. The third kappa shape index (κ3) is 4.38. The van der Waals surface area contributed by atoms with Crippen molar-refractivity contribution in [1.29, 1.82) is 5.26 Å². The van der Waals surface area contributed by atoms with E-state index < -0.39 is 11.8 Å². The summed E-state index contributed by atoms with van der Waals surface area (Å²) in [5, 5.41) is 14.3. The Morgan fingerprint density at radius 2 is 1.88 bits per heavy atom. The first kappa shape index (κ1) is 18.1. The van der Waals surface area contributed by atoms with E-state index in [1.165, 1.54) is 19.2 Å². The molecule has 0 saturated heterocycles.